The van der Waals surface area contributed by atoms with Crippen molar-refractivity contribution >= 4 is 17.2 Å². The van der Waals surface area contributed by atoms with Crippen LogP contribution in [0.3, 0.4) is 0 Å². The summed E-state index contributed by atoms with van der Waals surface area (Å²) in [4.78, 5) is 15.4. The Morgan fingerprint density at radius 2 is 2.37 bits per heavy atom. The third kappa shape index (κ3) is 3.52. The lowest BCUT2D eigenvalue weighted by molar-refractivity contribution is 0.0953. The molecule has 100 valence electrons. The van der Waals surface area contributed by atoms with Crippen molar-refractivity contribution < 1.29 is 9.53 Å². The molecule has 0 fully saturated rings. The first-order valence-electron chi connectivity index (χ1n) is 5.90. The first kappa shape index (κ1) is 13.5. The fourth-order valence-corrected chi connectivity index (χ4v) is 2.26. The third-order valence-corrected chi connectivity index (χ3v) is 3.46. The molecular formula is C13H15N3O2S. The molecule has 0 spiro atoms. The Bertz CT molecular complexity index is 569. The lowest BCUT2D eigenvalue weighted by Gasteiger charge is -2.05. The van der Waals surface area contributed by atoms with Gasteiger partial charge in [0.25, 0.3) is 5.91 Å². The topological polar surface area (TPSA) is 77.2 Å². The monoisotopic (exact) mass is 277 g/mol. The van der Waals surface area contributed by atoms with Gasteiger partial charge < -0.3 is 4.74 Å². The van der Waals surface area contributed by atoms with Gasteiger partial charge in [-0.15, -0.1) is 11.3 Å². The molecular weight excluding hydrogens is 262 g/mol. The molecule has 1 aromatic heterocycles. The molecule has 0 radical (unpaired) electrons. The zero-order chi connectivity index (χ0) is 13.7. The van der Waals surface area contributed by atoms with Crippen molar-refractivity contribution in [3.63, 3.8) is 0 Å². The molecule has 6 heteroatoms. The molecule has 0 bridgehead atoms. The van der Waals surface area contributed by atoms with Gasteiger partial charge in [0.2, 0.25) is 0 Å². The molecule has 0 saturated carbocycles. The molecule has 0 unspecified atom stereocenters. The molecule has 0 saturated heterocycles. The van der Waals surface area contributed by atoms with Crippen LogP contribution in [0.5, 0.6) is 5.75 Å². The molecule has 2 aromatic rings. The van der Waals surface area contributed by atoms with Crippen LogP contribution in [0.2, 0.25) is 0 Å². The van der Waals surface area contributed by atoms with Gasteiger partial charge >= 0.3 is 0 Å². The molecule has 0 aliphatic carbocycles. The molecule has 19 heavy (non-hydrogen) atoms. The number of thiazole rings is 1. The van der Waals surface area contributed by atoms with E-state index in [1.54, 1.807) is 5.38 Å². The van der Waals surface area contributed by atoms with Gasteiger partial charge in [-0.2, -0.15) is 0 Å². The van der Waals surface area contributed by atoms with Crippen LogP contribution in [0.4, 0.5) is 0 Å². The number of aryl methyl sites for hydroxylation is 1. The number of hydrogen-bond acceptors (Lipinski definition) is 5. The first-order chi connectivity index (χ1) is 9.22. The van der Waals surface area contributed by atoms with Gasteiger partial charge in [-0.25, -0.2) is 10.8 Å². The van der Waals surface area contributed by atoms with E-state index in [0.29, 0.717) is 17.3 Å². The van der Waals surface area contributed by atoms with E-state index in [4.69, 9.17) is 10.6 Å². The van der Waals surface area contributed by atoms with Crippen LogP contribution in [-0.4, -0.2) is 10.9 Å². The predicted octanol–water partition coefficient (Wildman–Crippen LogP) is 1.89. The quantitative estimate of drug-likeness (QED) is 0.497. The summed E-state index contributed by atoms with van der Waals surface area (Å²) in [6, 6.07) is 7.92. The number of hydrogen-bond donors (Lipinski definition) is 2. The predicted molar refractivity (Wildman–Crippen MR) is 73.9 cm³/mol. The number of nitrogen functional groups attached to an aromatic ring is 1. The van der Waals surface area contributed by atoms with E-state index in [1.807, 2.05) is 18.2 Å². The Labute approximate surface area is 115 Å². The number of amides is 1. The van der Waals surface area contributed by atoms with Gasteiger partial charge in [-0.3, -0.25) is 10.2 Å². The van der Waals surface area contributed by atoms with E-state index in [2.05, 4.69) is 23.4 Å². The van der Waals surface area contributed by atoms with Crippen molar-refractivity contribution in [3.8, 4) is 5.75 Å². The number of hydrazine groups is 1. The van der Waals surface area contributed by atoms with Crippen LogP contribution < -0.4 is 16.0 Å². The number of benzene rings is 1. The van der Waals surface area contributed by atoms with Crippen molar-refractivity contribution in [2.75, 3.05) is 0 Å². The highest BCUT2D eigenvalue weighted by Gasteiger charge is 2.09. The molecule has 1 aromatic carbocycles. The number of aromatic nitrogens is 1. The second-order valence-corrected chi connectivity index (χ2v) is 4.77. The number of carbonyl (C=O) groups is 1. The van der Waals surface area contributed by atoms with Crippen molar-refractivity contribution in [2.45, 2.75) is 20.0 Å². The first-order valence-corrected chi connectivity index (χ1v) is 6.78. The SMILES string of the molecule is CCc1cccc(OCc2csc(C(=O)NN)n2)c1. The van der Waals surface area contributed by atoms with E-state index in [9.17, 15) is 4.79 Å². The number of nitrogens with two attached hydrogens (primary N) is 1. The number of nitrogens with zero attached hydrogens (tertiary/aromatic N) is 1. The van der Waals surface area contributed by atoms with Crippen molar-refractivity contribution in [1.29, 1.82) is 0 Å². The van der Waals surface area contributed by atoms with Crippen LogP contribution in [0, 0.1) is 0 Å². The van der Waals surface area contributed by atoms with Crippen molar-refractivity contribution in [2.24, 2.45) is 5.84 Å². The summed E-state index contributed by atoms with van der Waals surface area (Å²) in [6.07, 6.45) is 0.967. The highest BCUT2D eigenvalue weighted by atomic mass is 32.1. The maximum absolute atomic E-state index is 11.3. The zero-order valence-corrected chi connectivity index (χ0v) is 11.4. The molecule has 3 N–H and O–H groups in total. The van der Waals surface area contributed by atoms with Gasteiger partial charge in [0.15, 0.2) is 5.01 Å². The maximum atomic E-state index is 11.3. The van der Waals surface area contributed by atoms with Gasteiger partial charge in [0.05, 0.1) is 5.69 Å². The van der Waals surface area contributed by atoms with Crippen LogP contribution in [0.25, 0.3) is 0 Å². The second-order valence-electron chi connectivity index (χ2n) is 3.91. The molecule has 1 amide bonds. The molecule has 1 heterocycles. The minimum atomic E-state index is -0.385. The van der Waals surface area contributed by atoms with Crippen LogP contribution in [0.15, 0.2) is 29.6 Å². The van der Waals surface area contributed by atoms with Gasteiger partial charge in [-0.1, -0.05) is 19.1 Å². The summed E-state index contributed by atoms with van der Waals surface area (Å²) in [6.45, 7) is 2.43. The van der Waals surface area contributed by atoms with Crippen molar-refractivity contribution in [3.05, 3.63) is 45.9 Å². The van der Waals surface area contributed by atoms with E-state index < -0.39 is 0 Å². The van der Waals surface area contributed by atoms with E-state index in [-0.39, 0.29) is 5.91 Å². The molecule has 0 aliphatic rings. The van der Waals surface area contributed by atoms with Crippen LogP contribution >= 0.6 is 11.3 Å². The molecule has 0 aliphatic heterocycles. The van der Waals surface area contributed by atoms with E-state index in [0.717, 1.165) is 12.2 Å². The van der Waals surface area contributed by atoms with Gasteiger partial charge in [0, 0.05) is 5.38 Å². The van der Waals surface area contributed by atoms with Crippen LogP contribution in [-0.2, 0) is 13.0 Å². The smallest absolute Gasteiger partial charge is 0.294 e. The zero-order valence-electron chi connectivity index (χ0n) is 10.6. The summed E-state index contributed by atoms with van der Waals surface area (Å²) in [5.74, 6) is 5.46. The number of carbonyl (C=O) groups excluding carboxylic acids is 1. The summed E-state index contributed by atoms with van der Waals surface area (Å²) in [7, 11) is 0. The summed E-state index contributed by atoms with van der Waals surface area (Å²) in [5.41, 5.74) is 3.99. The Morgan fingerprint density at radius 3 is 3.11 bits per heavy atom. The number of ether oxygens (including phenoxy) is 1. The summed E-state index contributed by atoms with van der Waals surface area (Å²) >= 11 is 1.24. The Morgan fingerprint density at radius 1 is 1.53 bits per heavy atom. The Balaban J connectivity index is 1.98. The summed E-state index contributed by atoms with van der Waals surface area (Å²) in [5, 5.41) is 2.12. The second kappa shape index (κ2) is 6.31. The molecule has 5 nitrogen and oxygen atoms in total. The van der Waals surface area contributed by atoms with Crippen molar-refractivity contribution in [1.82, 2.24) is 10.4 Å². The highest BCUT2D eigenvalue weighted by Crippen LogP contribution is 2.16. The Kier molecular flexibility index (Phi) is 4.48. The lowest BCUT2D eigenvalue weighted by atomic mass is 10.2. The standard InChI is InChI=1S/C13H15N3O2S/c1-2-9-4-3-5-11(6-9)18-7-10-8-19-13(15-10)12(17)16-14/h3-6,8H,2,7,14H2,1H3,(H,16,17). The third-order valence-electron chi connectivity index (χ3n) is 2.57. The number of rotatable bonds is 5. The summed E-state index contributed by atoms with van der Waals surface area (Å²) < 4.78 is 5.64. The van der Waals surface area contributed by atoms with E-state index >= 15 is 0 Å². The average Bonchev–Trinajstić information content (AvgIpc) is 2.93. The fraction of sp³-hybridized carbons (Fsp3) is 0.231. The normalized spacial score (nSPS) is 10.2. The Hall–Kier alpha value is -1.92. The largest absolute Gasteiger partial charge is 0.487 e. The molecule has 2 rings (SSSR count). The highest BCUT2D eigenvalue weighted by molar-refractivity contribution is 7.11. The molecule has 0 atom stereocenters. The minimum absolute atomic E-state index is 0.335. The van der Waals surface area contributed by atoms with Gasteiger partial charge in [-0.05, 0) is 24.1 Å². The van der Waals surface area contributed by atoms with E-state index in [1.165, 1.54) is 16.9 Å². The number of nitrogens with one attached hydrogen (secondary N) is 1. The fourth-order valence-electron chi connectivity index (χ4n) is 1.55. The maximum Gasteiger partial charge on any atom is 0.294 e. The van der Waals surface area contributed by atoms with Crippen LogP contribution in [0.1, 0.15) is 28.0 Å². The minimum Gasteiger partial charge on any atom is -0.487 e. The van der Waals surface area contributed by atoms with Gasteiger partial charge in [0.1, 0.15) is 12.4 Å². The average molecular weight is 277 g/mol. The lowest BCUT2D eigenvalue weighted by Crippen LogP contribution is -2.29.